The molecule has 0 aliphatic carbocycles. The Bertz CT molecular complexity index is 1120. The first-order valence-electron chi connectivity index (χ1n) is 9.22. The lowest BCUT2D eigenvalue weighted by Crippen LogP contribution is -2.45. The van der Waals surface area contributed by atoms with E-state index in [1.165, 1.54) is 4.90 Å². The molecule has 0 radical (unpaired) electrons. The van der Waals surface area contributed by atoms with Crippen molar-refractivity contribution in [1.82, 2.24) is 4.90 Å². The van der Waals surface area contributed by atoms with Crippen LogP contribution < -0.4 is 0 Å². The molecule has 1 aliphatic heterocycles. The molecule has 5 nitrogen and oxygen atoms in total. The zero-order valence-electron chi connectivity index (χ0n) is 15.7. The van der Waals surface area contributed by atoms with Crippen LogP contribution in [0.2, 0.25) is 0 Å². The quantitative estimate of drug-likeness (QED) is 0.441. The zero-order chi connectivity index (χ0) is 21.1. The molecule has 2 heterocycles. The minimum atomic E-state index is -1.10. The highest BCUT2D eigenvalue weighted by Gasteiger charge is 2.40. The topological polar surface area (TPSA) is 70.8 Å². The summed E-state index contributed by atoms with van der Waals surface area (Å²) in [5.74, 6) is -0.333. The van der Waals surface area contributed by atoms with Gasteiger partial charge in [0.2, 0.25) is 0 Å². The molecule has 1 fully saturated rings. The number of hydrogen-bond acceptors (Lipinski definition) is 5. The normalized spacial score (nSPS) is 16.3. The van der Waals surface area contributed by atoms with Crippen molar-refractivity contribution in [2.45, 2.75) is 12.5 Å². The first kappa shape index (κ1) is 20.1. The summed E-state index contributed by atoms with van der Waals surface area (Å²) in [6, 6.07) is 21.3. The highest BCUT2D eigenvalue weighted by molar-refractivity contribution is 8.26. The SMILES string of the molecule is O=C(O)C(Cc1ccccc1)N1C(=O)C(=Cc2ccc(-c3ccccc3)o2)SC1=S. The number of carbonyl (C=O) groups is 2. The fourth-order valence-corrected chi connectivity index (χ4v) is 4.53. The average Bonchev–Trinajstić information content (AvgIpc) is 3.32. The predicted molar refractivity (Wildman–Crippen MR) is 121 cm³/mol. The van der Waals surface area contributed by atoms with Crippen molar-refractivity contribution >= 4 is 46.3 Å². The second-order valence-corrected chi connectivity index (χ2v) is 8.34. The second-order valence-electron chi connectivity index (χ2n) is 6.66. The third kappa shape index (κ3) is 4.22. The summed E-state index contributed by atoms with van der Waals surface area (Å²) in [6.07, 6.45) is 1.78. The van der Waals surface area contributed by atoms with Crippen LogP contribution in [0.1, 0.15) is 11.3 Å². The second kappa shape index (κ2) is 8.69. The highest BCUT2D eigenvalue weighted by Crippen LogP contribution is 2.35. The highest BCUT2D eigenvalue weighted by atomic mass is 32.2. The molecule has 1 saturated heterocycles. The molecule has 1 unspecified atom stereocenters. The molecule has 0 spiro atoms. The summed E-state index contributed by atoms with van der Waals surface area (Å²) in [5, 5.41) is 9.74. The van der Waals surface area contributed by atoms with Crippen molar-refractivity contribution in [3.63, 3.8) is 0 Å². The number of carboxylic acid groups (broad SMARTS) is 1. The van der Waals surface area contributed by atoms with E-state index < -0.39 is 17.9 Å². The number of rotatable bonds is 6. The molecule has 7 heteroatoms. The Kier molecular flexibility index (Phi) is 5.83. The van der Waals surface area contributed by atoms with E-state index in [-0.39, 0.29) is 10.7 Å². The summed E-state index contributed by atoms with van der Waals surface area (Å²) in [7, 11) is 0. The monoisotopic (exact) mass is 435 g/mol. The fourth-order valence-electron chi connectivity index (χ4n) is 3.19. The first-order chi connectivity index (χ1) is 14.5. The van der Waals surface area contributed by atoms with Crippen molar-refractivity contribution < 1.29 is 19.1 Å². The third-order valence-electron chi connectivity index (χ3n) is 4.65. The summed E-state index contributed by atoms with van der Waals surface area (Å²) in [4.78, 5) is 26.4. The van der Waals surface area contributed by atoms with E-state index in [0.29, 0.717) is 16.4 Å². The maximum atomic E-state index is 13.0. The van der Waals surface area contributed by atoms with Gasteiger partial charge in [-0.1, -0.05) is 84.6 Å². The molecule has 2 aromatic carbocycles. The molecule has 30 heavy (non-hydrogen) atoms. The lowest BCUT2D eigenvalue weighted by atomic mass is 10.0. The van der Waals surface area contributed by atoms with Crippen LogP contribution in [-0.2, 0) is 16.0 Å². The van der Waals surface area contributed by atoms with E-state index in [1.54, 1.807) is 12.1 Å². The van der Waals surface area contributed by atoms with Gasteiger partial charge >= 0.3 is 5.97 Å². The minimum Gasteiger partial charge on any atom is -0.480 e. The van der Waals surface area contributed by atoms with Crippen LogP contribution in [0.15, 0.2) is 82.1 Å². The number of hydrogen-bond donors (Lipinski definition) is 1. The molecule has 4 rings (SSSR count). The molecule has 3 aromatic rings. The molecular formula is C23H17NO4S2. The molecule has 1 aromatic heterocycles. The van der Waals surface area contributed by atoms with E-state index >= 15 is 0 Å². The molecule has 150 valence electrons. The van der Waals surface area contributed by atoms with Crippen LogP contribution >= 0.6 is 24.0 Å². The van der Waals surface area contributed by atoms with E-state index in [1.807, 2.05) is 66.7 Å². The van der Waals surface area contributed by atoms with Gasteiger partial charge in [-0.3, -0.25) is 9.69 Å². The molecule has 0 bridgehead atoms. The third-order valence-corrected chi connectivity index (χ3v) is 5.98. The number of carbonyl (C=O) groups excluding carboxylic acids is 1. The van der Waals surface area contributed by atoms with Crippen LogP contribution in [0.25, 0.3) is 17.4 Å². The van der Waals surface area contributed by atoms with Crippen molar-refractivity contribution in [3.05, 3.63) is 89.0 Å². The van der Waals surface area contributed by atoms with Gasteiger partial charge in [0.25, 0.3) is 5.91 Å². The number of benzene rings is 2. The number of thiocarbonyl (C=S) groups is 1. The van der Waals surface area contributed by atoms with Gasteiger partial charge in [0.05, 0.1) is 4.91 Å². The zero-order valence-corrected chi connectivity index (χ0v) is 17.4. The maximum absolute atomic E-state index is 13.0. The Balaban J connectivity index is 1.57. The van der Waals surface area contributed by atoms with Crippen LogP contribution in [-0.4, -0.2) is 32.2 Å². The van der Waals surface area contributed by atoms with Crippen LogP contribution in [0.3, 0.4) is 0 Å². The Hall–Kier alpha value is -3.16. The molecule has 1 amide bonds. The van der Waals surface area contributed by atoms with Crippen molar-refractivity contribution in [1.29, 1.82) is 0 Å². The smallest absolute Gasteiger partial charge is 0.327 e. The Morgan fingerprint density at radius 2 is 1.73 bits per heavy atom. The molecule has 0 saturated carbocycles. The fraction of sp³-hybridized carbons (Fsp3) is 0.0870. The Morgan fingerprint density at radius 3 is 2.40 bits per heavy atom. The van der Waals surface area contributed by atoms with Gasteiger partial charge < -0.3 is 9.52 Å². The van der Waals surface area contributed by atoms with Crippen molar-refractivity contribution in [3.8, 4) is 11.3 Å². The Morgan fingerprint density at radius 1 is 1.07 bits per heavy atom. The number of aliphatic carboxylic acids is 1. The van der Waals surface area contributed by atoms with E-state index in [0.717, 1.165) is 22.9 Å². The van der Waals surface area contributed by atoms with Crippen LogP contribution in [0.4, 0.5) is 0 Å². The van der Waals surface area contributed by atoms with Gasteiger partial charge in [-0.05, 0) is 17.7 Å². The summed E-state index contributed by atoms with van der Waals surface area (Å²) < 4.78 is 6.06. The van der Waals surface area contributed by atoms with Gasteiger partial charge in [-0.25, -0.2) is 4.79 Å². The average molecular weight is 436 g/mol. The number of amides is 1. The number of thioether (sulfide) groups is 1. The van der Waals surface area contributed by atoms with E-state index in [4.69, 9.17) is 16.6 Å². The minimum absolute atomic E-state index is 0.175. The van der Waals surface area contributed by atoms with Gasteiger partial charge in [0.1, 0.15) is 21.9 Å². The van der Waals surface area contributed by atoms with Gasteiger partial charge in [0, 0.05) is 18.1 Å². The number of furan rings is 1. The lowest BCUT2D eigenvalue weighted by molar-refractivity contribution is -0.145. The van der Waals surface area contributed by atoms with Gasteiger partial charge in [0.15, 0.2) is 0 Å². The van der Waals surface area contributed by atoms with E-state index in [9.17, 15) is 14.7 Å². The molecule has 1 aliphatic rings. The summed E-state index contributed by atoms with van der Waals surface area (Å²) >= 11 is 6.42. The first-order valence-corrected chi connectivity index (χ1v) is 10.4. The summed E-state index contributed by atoms with van der Waals surface area (Å²) in [6.45, 7) is 0. The van der Waals surface area contributed by atoms with Gasteiger partial charge in [-0.15, -0.1) is 0 Å². The largest absolute Gasteiger partial charge is 0.480 e. The predicted octanol–water partition coefficient (Wildman–Crippen LogP) is 4.84. The molecule has 1 N–H and O–H groups in total. The van der Waals surface area contributed by atoms with Gasteiger partial charge in [-0.2, -0.15) is 0 Å². The van der Waals surface area contributed by atoms with Crippen LogP contribution in [0.5, 0.6) is 0 Å². The standard InChI is InChI=1S/C23H17NO4S2/c25-21-20(14-17-11-12-19(28-17)16-9-5-2-6-10-16)30-23(29)24(21)18(22(26)27)13-15-7-3-1-4-8-15/h1-12,14,18H,13H2,(H,26,27). The Labute approximate surface area is 183 Å². The lowest BCUT2D eigenvalue weighted by Gasteiger charge is -2.23. The van der Waals surface area contributed by atoms with Crippen LogP contribution in [0, 0.1) is 0 Å². The number of carboxylic acids is 1. The van der Waals surface area contributed by atoms with Crippen molar-refractivity contribution in [2.24, 2.45) is 0 Å². The van der Waals surface area contributed by atoms with E-state index in [2.05, 4.69) is 0 Å². The maximum Gasteiger partial charge on any atom is 0.327 e. The van der Waals surface area contributed by atoms with Crippen molar-refractivity contribution in [2.75, 3.05) is 0 Å². The molecular weight excluding hydrogens is 418 g/mol. The number of nitrogens with zero attached hydrogens (tertiary/aromatic N) is 1. The summed E-state index contributed by atoms with van der Waals surface area (Å²) in [5.41, 5.74) is 1.75. The molecule has 1 atom stereocenters.